The molecule has 0 amide bonds. The van der Waals surface area contributed by atoms with Gasteiger partial charge in [0.15, 0.2) is 0 Å². The molecule has 0 saturated carbocycles. The Kier molecular flexibility index (Phi) is 3.64. The van der Waals surface area contributed by atoms with Crippen molar-refractivity contribution in [1.29, 1.82) is 0 Å². The third kappa shape index (κ3) is 2.59. The molecule has 0 atom stereocenters. The van der Waals surface area contributed by atoms with E-state index < -0.39 is 0 Å². The van der Waals surface area contributed by atoms with E-state index in [-0.39, 0.29) is 5.97 Å². The second kappa shape index (κ2) is 5.19. The summed E-state index contributed by atoms with van der Waals surface area (Å²) in [6.07, 6.45) is 5.64. The molecule has 2 nitrogen and oxygen atoms in total. The number of carbonyl (C=O) groups is 1. The van der Waals surface area contributed by atoms with E-state index >= 15 is 0 Å². The van der Waals surface area contributed by atoms with Crippen LogP contribution in [0.1, 0.15) is 18.4 Å². The average molecular weight is 249 g/mol. The Morgan fingerprint density at radius 2 is 2.00 bits per heavy atom. The highest BCUT2D eigenvalue weighted by Gasteiger charge is 2.17. The Balaban J connectivity index is 2.45. The summed E-state index contributed by atoms with van der Waals surface area (Å²) < 4.78 is 4.81. The first-order valence-corrected chi connectivity index (χ1v) is 5.84. The quantitative estimate of drug-likeness (QED) is 0.748. The van der Waals surface area contributed by atoms with Crippen LogP contribution in [0.4, 0.5) is 0 Å². The second-order valence-corrected chi connectivity index (χ2v) is 4.27. The standard InChI is InChI=1S/C14H13ClO2/c1-17-14(16)13-5-3-2-4-12(13)10-6-8-11(15)9-7-10/h2,4,6-9H,3,5H2,1H3. The molecule has 0 heterocycles. The first-order valence-electron chi connectivity index (χ1n) is 5.46. The van der Waals surface area contributed by atoms with Crippen molar-refractivity contribution in [2.45, 2.75) is 12.8 Å². The number of esters is 1. The third-order valence-electron chi connectivity index (χ3n) is 2.76. The second-order valence-electron chi connectivity index (χ2n) is 3.83. The summed E-state index contributed by atoms with van der Waals surface area (Å²) in [5.41, 5.74) is 2.66. The van der Waals surface area contributed by atoms with Crippen LogP contribution < -0.4 is 0 Å². The molecule has 0 aliphatic heterocycles. The number of methoxy groups -OCH3 is 1. The zero-order valence-corrected chi connectivity index (χ0v) is 10.3. The molecule has 1 aliphatic carbocycles. The minimum Gasteiger partial charge on any atom is -0.466 e. The van der Waals surface area contributed by atoms with Gasteiger partial charge >= 0.3 is 5.97 Å². The summed E-state index contributed by atoms with van der Waals surface area (Å²) in [6.45, 7) is 0. The van der Waals surface area contributed by atoms with E-state index in [1.54, 1.807) is 0 Å². The number of rotatable bonds is 2. The van der Waals surface area contributed by atoms with E-state index in [1.165, 1.54) is 7.11 Å². The van der Waals surface area contributed by atoms with Crippen LogP contribution in [0.3, 0.4) is 0 Å². The zero-order chi connectivity index (χ0) is 12.3. The molecule has 0 fully saturated rings. The Hall–Kier alpha value is -1.54. The molecule has 1 aromatic rings. The van der Waals surface area contributed by atoms with Gasteiger partial charge in [-0.05, 0) is 36.1 Å². The van der Waals surface area contributed by atoms with Crippen molar-refractivity contribution in [3.05, 3.63) is 52.6 Å². The topological polar surface area (TPSA) is 26.3 Å². The Morgan fingerprint density at radius 3 is 2.65 bits per heavy atom. The maximum Gasteiger partial charge on any atom is 0.334 e. The van der Waals surface area contributed by atoms with Gasteiger partial charge in [-0.1, -0.05) is 35.9 Å². The lowest BCUT2D eigenvalue weighted by Crippen LogP contribution is -2.09. The molecule has 17 heavy (non-hydrogen) atoms. The molecule has 0 spiro atoms. The van der Waals surface area contributed by atoms with E-state index in [2.05, 4.69) is 6.08 Å². The number of halogens is 1. The van der Waals surface area contributed by atoms with E-state index in [0.717, 1.165) is 29.6 Å². The van der Waals surface area contributed by atoms with Gasteiger partial charge in [-0.15, -0.1) is 0 Å². The molecule has 0 radical (unpaired) electrons. The van der Waals surface area contributed by atoms with Crippen molar-refractivity contribution in [2.75, 3.05) is 7.11 Å². The van der Waals surface area contributed by atoms with Crippen molar-refractivity contribution in [1.82, 2.24) is 0 Å². The highest BCUT2D eigenvalue weighted by Crippen LogP contribution is 2.29. The van der Waals surface area contributed by atoms with Gasteiger partial charge in [-0.3, -0.25) is 0 Å². The average Bonchev–Trinajstić information content (AvgIpc) is 2.39. The number of hydrogen-bond acceptors (Lipinski definition) is 2. The molecule has 1 aromatic carbocycles. The van der Waals surface area contributed by atoms with Gasteiger partial charge in [0.25, 0.3) is 0 Å². The summed E-state index contributed by atoms with van der Waals surface area (Å²) >= 11 is 5.85. The fourth-order valence-electron chi connectivity index (χ4n) is 1.90. The molecule has 1 aliphatic rings. The molecule has 0 N–H and O–H groups in total. The van der Waals surface area contributed by atoms with Crippen LogP contribution in [0, 0.1) is 0 Å². The molecular weight excluding hydrogens is 236 g/mol. The first kappa shape index (κ1) is 11.9. The van der Waals surface area contributed by atoms with Gasteiger partial charge in [0.1, 0.15) is 0 Å². The number of benzene rings is 1. The summed E-state index contributed by atoms with van der Waals surface area (Å²) in [7, 11) is 1.41. The maximum atomic E-state index is 11.7. The maximum absolute atomic E-state index is 11.7. The Morgan fingerprint density at radius 1 is 1.29 bits per heavy atom. The predicted molar refractivity (Wildman–Crippen MR) is 68.8 cm³/mol. The summed E-state index contributed by atoms with van der Waals surface area (Å²) in [5, 5.41) is 0.689. The normalized spacial score (nSPS) is 14.9. The molecular formula is C14H13ClO2. The van der Waals surface area contributed by atoms with Crippen molar-refractivity contribution >= 4 is 23.1 Å². The first-order chi connectivity index (χ1) is 8.22. The molecule has 0 saturated heterocycles. The van der Waals surface area contributed by atoms with Crippen LogP contribution in [-0.4, -0.2) is 13.1 Å². The number of carbonyl (C=O) groups excluding carboxylic acids is 1. The van der Waals surface area contributed by atoms with Crippen molar-refractivity contribution in [2.24, 2.45) is 0 Å². The van der Waals surface area contributed by atoms with Gasteiger partial charge in [0.2, 0.25) is 0 Å². The molecule has 2 rings (SSSR count). The fraction of sp³-hybridized carbons (Fsp3) is 0.214. The molecule has 0 unspecified atom stereocenters. The number of ether oxygens (including phenoxy) is 1. The molecule has 3 heteroatoms. The van der Waals surface area contributed by atoms with Gasteiger partial charge in [-0.2, -0.15) is 0 Å². The van der Waals surface area contributed by atoms with Crippen molar-refractivity contribution in [3.63, 3.8) is 0 Å². The lowest BCUT2D eigenvalue weighted by molar-refractivity contribution is -0.136. The van der Waals surface area contributed by atoms with E-state index in [1.807, 2.05) is 30.3 Å². The van der Waals surface area contributed by atoms with Gasteiger partial charge < -0.3 is 4.74 Å². The van der Waals surface area contributed by atoms with Crippen LogP contribution in [0.25, 0.3) is 5.57 Å². The summed E-state index contributed by atoms with van der Waals surface area (Å²) in [6, 6.07) is 7.47. The Labute approximate surface area is 106 Å². The summed E-state index contributed by atoms with van der Waals surface area (Å²) in [4.78, 5) is 11.7. The van der Waals surface area contributed by atoms with Crippen LogP contribution in [0.5, 0.6) is 0 Å². The fourth-order valence-corrected chi connectivity index (χ4v) is 2.03. The van der Waals surface area contributed by atoms with Crippen LogP contribution in [-0.2, 0) is 9.53 Å². The lowest BCUT2D eigenvalue weighted by Gasteiger charge is -2.14. The largest absolute Gasteiger partial charge is 0.466 e. The molecule has 0 bridgehead atoms. The highest BCUT2D eigenvalue weighted by molar-refractivity contribution is 6.30. The Bertz CT molecular complexity index is 483. The van der Waals surface area contributed by atoms with E-state index in [0.29, 0.717) is 5.02 Å². The lowest BCUT2D eigenvalue weighted by atomic mass is 9.92. The van der Waals surface area contributed by atoms with E-state index in [9.17, 15) is 4.79 Å². The zero-order valence-electron chi connectivity index (χ0n) is 9.57. The van der Waals surface area contributed by atoms with Crippen molar-refractivity contribution in [3.8, 4) is 0 Å². The number of hydrogen-bond donors (Lipinski definition) is 0. The van der Waals surface area contributed by atoms with Crippen LogP contribution in [0.2, 0.25) is 5.02 Å². The summed E-state index contributed by atoms with van der Waals surface area (Å²) in [5.74, 6) is -0.251. The van der Waals surface area contributed by atoms with Gasteiger partial charge in [0.05, 0.1) is 7.11 Å². The third-order valence-corrected chi connectivity index (χ3v) is 3.01. The molecule has 88 valence electrons. The van der Waals surface area contributed by atoms with E-state index in [4.69, 9.17) is 16.3 Å². The minimum absolute atomic E-state index is 0.251. The number of allylic oxidation sites excluding steroid dienone is 3. The monoisotopic (exact) mass is 248 g/mol. The smallest absolute Gasteiger partial charge is 0.334 e. The van der Waals surface area contributed by atoms with Gasteiger partial charge in [-0.25, -0.2) is 4.79 Å². The minimum atomic E-state index is -0.251. The molecule has 0 aromatic heterocycles. The van der Waals surface area contributed by atoms with Crippen LogP contribution in [0.15, 0.2) is 42.0 Å². The van der Waals surface area contributed by atoms with Crippen LogP contribution >= 0.6 is 11.6 Å². The van der Waals surface area contributed by atoms with Gasteiger partial charge in [0, 0.05) is 10.6 Å². The predicted octanol–water partition coefficient (Wildman–Crippen LogP) is 3.62. The highest BCUT2D eigenvalue weighted by atomic mass is 35.5. The SMILES string of the molecule is COC(=O)C1=C(c2ccc(Cl)cc2)C=CCC1. The van der Waals surface area contributed by atoms with Crippen molar-refractivity contribution < 1.29 is 9.53 Å².